The van der Waals surface area contributed by atoms with Gasteiger partial charge in [-0.15, -0.1) is 0 Å². The molecular weight excluding hydrogens is 326 g/mol. The smallest absolute Gasteiger partial charge is 0.334 e. The number of rotatable bonds is 3. The van der Waals surface area contributed by atoms with E-state index in [9.17, 15) is 14.9 Å². The molecule has 1 aliphatic rings. The summed E-state index contributed by atoms with van der Waals surface area (Å²) in [6.45, 7) is 0. The standard InChI is InChI=1S/C14H12BrNO4/c1-20-13(17)12-9-14(15,16(18)19)8-7-11(12)10-5-3-2-4-6-10/h2-8H,9H2,1H3. The van der Waals surface area contributed by atoms with Crippen molar-refractivity contribution < 1.29 is 14.5 Å². The topological polar surface area (TPSA) is 69.4 Å². The van der Waals surface area contributed by atoms with Gasteiger partial charge in [-0.25, -0.2) is 4.79 Å². The molecule has 1 aromatic rings. The van der Waals surface area contributed by atoms with Crippen LogP contribution in [0.5, 0.6) is 0 Å². The number of benzene rings is 1. The summed E-state index contributed by atoms with van der Waals surface area (Å²) in [4.78, 5) is 22.5. The summed E-state index contributed by atoms with van der Waals surface area (Å²) in [5, 5.41) is 11.1. The van der Waals surface area contributed by atoms with Gasteiger partial charge in [0.2, 0.25) is 0 Å². The summed E-state index contributed by atoms with van der Waals surface area (Å²) in [5.41, 5.74) is 1.76. The van der Waals surface area contributed by atoms with Crippen molar-refractivity contribution in [3.8, 4) is 0 Å². The minimum Gasteiger partial charge on any atom is -0.466 e. The summed E-state index contributed by atoms with van der Waals surface area (Å²) in [7, 11) is 1.26. The highest BCUT2D eigenvalue weighted by molar-refractivity contribution is 9.10. The van der Waals surface area contributed by atoms with Crippen LogP contribution in [0, 0.1) is 10.1 Å². The Morgan fingerprint density at radius 3 is 2.60 bits per heavy atom. The lowest BCUT2D eigenvalue weighted by Crippen LogP contribution is -2.33. The van der Waals surface area contributed by atoms with Gasteiger partial charge in [0.1, 0.15) is 0 Å². The van der Waals surface area contributed by atoms with Crippen LogP contribution in [0.4, 0.5) is 0 Å². The maximum atomic E-state index is 11.9. The van der Waals surface area contributed by atoms with Gasteiger partial charge in [0.05, 0.1) is 19.1 Å². The first-order chi connectivity index (χ1) is 9.48. The van der Waals surface area contributed by atoms with Crippen LogP contribution >= 0.6 is 15.9 Å². The molecule has 2 rings (SSSR count). The highest BCUT2D eigenvalue weighted by Crippen LogP contribution is 2.38. The van der Waals surface area contributed by atoms with Crippen LogP contribution in [-0.4, -0.2) is 22.5 Å². The van der Waals surface area contributed by atoms with Crippen LogP contribution < -0.4 is 0 Å². The number of hydrogen-bond acceptors (Lipinski definition) is 4. The Bertz CT molecular complexity index is 609. The van der Waals surface area contributed by atoms with Crippen molar-refractivity contribution in [1.82, 2.24) is 0 Å². The fourth-order valence-electron chi connectivity index (χ4n) is 2.03. The molecular formula is C14H12BrNO4. The largest absolute Gasteiger partial charge is 0.466 e. The molecule has 0 fully saturated rings. The van der Waals surface area contributed by atoms with Crippen molar-refractivity contribution in [2.45, 2.75) is 10.9 Å². The lowest BCUT2D eigenvalue weighted by Gasteiger charge is -2.22. The van der Waals surface area contributed by atoms with E-state index in [0.29, 0.717) is 5.57 Å². The molecule has 0 radical (unpaired) electrons. The lowest BCUT2D eigenvalue weighted by atomic mass is 9.90. The predicted molar refractivity (Wildman–Crippen MR) is 77.8 cm³/mol. The Balaban J connectivity index is 2.52. The third kappa shape index (κ3) is 2.65. The van der Waals surface area contributed by atoms with Crippen LogP contribution in [-0.2, 0) is 9.53 Å². The number of esters is 1. The minimum atomic E-state index is -1.46. The first-order valence-corrected chi connectivity index (χ1v) is 6.67. The van der Waals surface area contributed by atoms with Gasteiger partial charge in [-0.2, -0.15) is 0 Å². The molecule has 0 bridgehead atoms. The molecule has 1 unspecified atom stereocenters. The number of hydrogen-bond donors (Lipinski definition) is 0. The molecule has 0 aliphatic heterocycles. The highest BCUT2D eigenvalue weighted by Gasteiger charge is 2.42. The average molecular weight is 338 g/mol. The molecule has 5 nitrogen and oxygen atoms in total. The second-order valence-corrected chi connectivity index (χ2v) is 5.71. The van der Waals surface area contributed by atoms with Gasteiger partial charge >= 0.3 is 5.97 Å². The number of carbonyl (C=O) groups is 1. The molecule has 6 heteroatoms. The zero-order valence-corrected chi connectivity index (χ0v) is 12.3. The van der Waals surface area contributed by atoms with Crippen LogP contribution in [0.25, 0.3) is 5.57 Å². The van der Waals surface area contributed by atoms with Crippen molar-refractivity contribution in [3.63, 3.8) is 0 Å². The zero-order valence-electron chi connectivity index (χ0n) is 10.7. The molecule has 1 aromatic carbocycles. The molecule has 20 heavy (non-hydrogen) atoms. The summed E-state index contributed by atoms with van der Waals surface area (Å²) in [6.07, 6.45) is 2.97. The lowest BCUT2D eigenvalue weighted by molar-refractivity contribution is -0.521. The van der Waals surface area contributed by atoms with Gasteiger partial charge in [0.25, 0.3) is 4.45 Å². The number of ether oxygens (including phenoxy) is 1. The van der Waals surface area contributed by atoms with E-state index in [4.69, 9.17) is 4.74 Å². The molecule has 0 aromatic heterocycles. The fourth-order valence-corrected chi connectivity index (χ4v) is 2.45. The first-order valence-electron chi connectivity index (χ1n) is 5.87. The summed E-state index contributed by atoms with van der Waals surface area (Å²) in [5.74, 6) is -0.557. The Morgan fingerprint density at radius 2 is 2.05 bits per heavy atom. The van der Waals surface area contributed by atoms with Gasteiger partial charge in [-0.05, 0) is 17.2 Å². The van der Waals surface area contributed by atoms with E-state index in [1.807, 2.05) is 30.3 Å². The van der Waals surface area contributed by atoms with E-state index in [0.717, 1.165) is 5.56 Å². The SMILES string of the molecule is COC(=O)C1=C(c2ccccc2)C=CC(Br)([N+](=O)[O-])C1. The third-order valence-electron chi connectivity index (χ3n) is 3.08. The van der Waals surface area contributed by atoms with Crippen molar-refractivity contribution in [2.75, 3.05) is 7.11 Å². The number of nitro groups is 1. The molecule has 0 saturated carbocycles. The first kappa shape index (κ1) is 14.5. The van der Waals surface area contributed by atoms with Crippen LogP contribution in [0.1, 0.15) is 12.0 Å². The molecule has 0 N–H and O–H groups in total. The van der Waals surface area contributed by atoms with E-state index in [-0.39, 0.29) is 12.0 Å². The monoisotopic (exact) mass is 337 g/mol. The Hall–Kier alpha value is -1.95. The second kappa shape index (κ2) is 5.58. The molecule has 0 spiro atoms. The van der Waals surface area contributed by atoms with E-state index >= 15 is 0 Å². The number of alkyl halides is 1. The van der Waals surface area contributed by atoms with Crippen LogP contribution in [0.3, 0.4) is 0 Å². The molecule has 0 saturated heterocycles. The Kier molecular flexibility index (Phi) is 4.04. The fraction of sp³-hybridized carbons (Fsp3) is 0.214. The molecule has 0 amide bonds. The zero-order chi connectivity index (χ0) is 14.8. The van der Waals surface area contributed by atoms with Crippen molar-refractivity contribution >= 4 is 27.5 Å². The van der Waals surface area contributed by atoms with E-state index in [2.05, 4.69) is 15.9 Å². The van der Waals surface area contributed by atoms with Crippen molar-refractivity contribution in [1.29, 1.82) is 0 Å². The van der Waals surface area contributed by atoms with E-state index in [1.54, 1.807) is 6.08 Å². The maximum absolute atomic E-state index is 11.9. The van der Waals surface area contributed by atoms with Gasteiger partial charge in [0, 0.05) is 26.9 Å². The van der Waals surface area contributed by atoms with E-state index < -0.39 is 15.3 Å². The van der Waals surface area contributed by atoms with Gasteiger partial charge in [-0.3, -0.25) is 10.1 Å². The number of nitrogens with zero attached hydrogens (tertiary/aromatic N) is 1. The van der Waals surface area contributed by atoms with Crippen LogP contribution in [0.2, 0.25) is 0 Å². The third-order valence-corrected chi connectivity index (χ3v) is 3.91. The molecule has 104 valence electrons. The minimum absolute atomic E-state index is 0.0621. The predicted octanol–water partition coefficient (Wildman–Crippen LogP) is 2.94. The van der Waals surface area contributed by atoms with Gasteiger partial charge in [-0.1, -0.05) is 30.3 Å². The Labute approximate surface area is 124 Å². The quantitative estimate of drug-likeness (QED) is 0.279. The number of allylic oxidation sites excluding steroid dienone is 2. The van der Waals surface area contributed by atoms with Crippen molar-refractivity contribution in [2.24, 2.45) is 0 Å². The molecule has 1 atom stereocenters. The van der Waals surface area contributed by atoms with Crippen LogP contribution in [0.15, 0.2) is 48.1 Å². The number of methoxy groups -OCH3 is 1. The average Bonchev–Trinajstić information content (AvgIpc) is 2.47. The van der Waals surface area contributed by atoms with Crippen molar-refractivity contribution in [3.05, 3.63) is 63.7 Å². The molecule has 0 heterocycles. The summed E-state index contributed by atoms with van der Waals surface area (Å²) < 4.78 is 3.28. The van der Waals surface area contributed by atoms with E-state index in [1.165, 1.54) is 13.2 Å². The highest BCUT2D eigenvalue weighted by atomic mass is 79.9. The maximum Gasteiger partial charge on any atom is 0.334 e. The number of carbonyl (C=O) groups excluding carboxylic acids is 1. The number of halogens is 1. The summed E-state index contributed by atoms with van der Waals surface area (Å²) >= 11 is 3.07. The summed E-state index contributed by atoms with van der Waals surface area (Å²) in [6, 6.07) is 9.23. The van der Waals surface area contributed by atoms with Gasteiger partial charge in [0.15, 0.2) is 0 Å². The second-order valence-electron chi connectivity index (χ2n) is 4.34. The molecule has 1 aliphatic carbocycles. The Morgan fingerprint density at radius 1 is 1.40 bits per heavy atom. The normalized spacial score (nSPS) is 21.7. The van der Waals surface area contributed by atoms with Gasteiger partial charge < -0.3 is 4.74 Å².